The topological polar surface area (TPSA) is 105 Å². The molecule has 0 fully saturated rings. The van der Waals surface area contributed by atoms with Gasteiger partial charge in [-0.3, -0.25) is 0 Å². The van der Waals surface area contributed by atoms with Gasteiger partial charge in [0.15, 0.2) is 0 Å². The third-order valence-electron chi connectivity index (χ3n) is 9.02. The van der Waals surface area contributed by atoms with Gasteiger partial charge in [-0.25, -0.2) is 19.2 Å². The van der Waals surface area contributed by atoms with Crippen molar-refractivity contribution in [3.63, 3.8) is 0 Å². The first kappa shape index (κ1) is 31.4. The molecule has 0 bridgehead atoms. The average molecular weight is 645 g/mol. The highest BCUT2D eigenvalue weighted by atomic mass is 16.5. The number of hydrogen-bond acceptors (Lipinski definition) is 8. The Morgan fingerprint density at radius 3 is 0.812 bits per heavy atom. The Bertz CT molecular complexity index is 2050. The Kier molecular flexibility index (Phi) is 8.11. The zero-order valence-electron chi connectivity index (χ0n) is 27.5. The van der Waals surface area contributed by atoms with E-state index in [1.807, 2.05) is 76.2 Å². The third kappa shape index (κ3) is 4.57. The van der Waals surface area contributed by atoms with Crippen molar-refractivity contribution < 1.29 is 38.1 Å². The maximum absolute atomic E-state index is 13.9. The van der Waals surface area contributed by atoms with E-state index in [-0.39, 0.29) is 48.7 Å². The van der Waals surface area contributed by atoms with Crippen LogP contribution in [0.4, 0.5) is 0 Å². The fourth-order valence-electron chi connectivity index (χ4n) is 7.16. The molecular weight excluding hydrogens is 608 g/mol. The summed E-state index contributed by atoms with van der Waals surface area (Å²) < 4.78 is 22.7. The second-order valence-electron chi connectivity index (χ2n) is 12.2. The Hall–Kier alpha value is -5.24. The van der Waals surface area contributed by atoms with Crippen LogP contribution in [0.15, 0.2) is 48.5 Å². The lowest BCUT2D eigenvalue weighted by molar-refractivity contribution is 0.0461. The molecule has 0 aliphatic carbocycles. The first-order valence-corrected chi connectivity index (χ1v) is 16.8. The van der Waals surface area contributed by atoms with Crippen molar-refractivity contribution in [1.82, 2.24) is 0 Å². The molecule has 0 aliphatic rings. The van der Waals surface area contributed by atoms with Crippen LogP contribution in [0.5, 0.6) is 0 Å². The second-order valence-corrected chi connectivity index (χ2v) is 12.2. The Labute approximate surface area is 276 Å². The number of rotatable bonds is 12. The molecule has 7 aromatic carbocycles. The molecule has 7 rings (SSSR count). The first-order chi connectivity index (χ1) is 23.4. The standard InChI is InChI=1S/C40H36O8/c1-5-17-45-37(41)33-23-13-9-21-11-15-25-31-27(21)29(23)30-24(34(33)38(42)46-18-6-2)14-10-22-12-16-26(32(31)28(22)30)36(40(44)48-20-8-4)35(25)39(43)47-19-7-3/h9-16H,5-8,17-20H2,1-4H3. The Morgan fingerprint density at radius 1 is 0.375 bits per heavy atom. The predicted molar refractivity (Wildman–Crippen MR) is 187 cm³/mol. The van der Waals surface area contributed by atoms with E-state index in [0.717, 1.165) is 43.1 Å². The maximum Gasteiger partial charge on any atom is 0.339 e. The lowest BCUT2D eigenvalue weighted by Crippen LogP contribution is -2.18. The maximum atomic E-state index is 13.9. The van der Waals surface area contributed by atoms with Crippen LogP contribution in [-0.4, -0.2) is 50.3 Å². The summed E-state index contributed by atoms with van der Waals surface area (Å²) in [4.78, 5) is 55.6. The predicted octanol–water partition coefficient (Wildman–Crippen LogP) is 9.19. The lowest BCUT2D eigenvalue weighted by atomic mass is 9.78. The Balaban J connectivity index is 1.73. The summed E-state index contributed by atoms with van der Waals surface area (Å²) in [5.74, 6) is -2.40. The fraction of sp³-hybridized carbons (Fsp3) is 0.300. The SMILES string of the molecule is CCCOC(=O)c1c(C(=O)OCCC)c2ccc3ccc4c(C(=O)OCCC)c(C(=O)OCCC)c5ccc6ccc1c1c6c5c4c3c21. The highest BCUT2D eigenvalue weighted by molar-refractivity contribution is 6.48. The van der Waals surface area contributed by atoms with Gasteiger partial charge in [-0.1, -0.05) is 76.2 Å². The van der Waals surface area contributed by atoms with Crippen LogP contribution in [-0.2, 0) is 18.9 Å². The number of benzene rings is 7. The molecular formula is C40H36O8. The summed E-state index contributed by atoms with van der Waals surface area (Å²) in [5.41, 5.74) is 0.623. The van der Waals surface area contributed by atoms with E-state index in [4.69, 9.17) is 18.9 Å². The summed E-state index contributed by atoms with van der Waals surface area (Å²) in [7, 11) is 0. The average Bonchev–Trinajstić information content (AvgIpc) is 3.11. The fourth-order valence-corrected chi connectivity index (χ4v) is 7.16. The van der Waals surface area contributed by atoms with Gasteiger partial charge in [-0.2, -0.15) is 0 Å². The molecule has 0 spiro atoms. The van der Waals surface area contributed by atoms with Gasteiger partial charge in [0.2, 0.25) is 0 Å². The summed E-state index contributed by atoms with van der Waals surface area (Å²) >= 11 is 0. The van der Waals surface area contributed by atoms with E-state index < -0.39 is 23.9 Å². The van der Waals surface area contributed by atoms with Crippen molar-refractivity contribution in [2.45, 2.75) is 53.4 Å². The molecule has 0 aliphatic heterocycles. The summed E-state index contributed by atoms with van der Waals surface area (Å²) in [6.45, 7) is 8.43. The second kappa shape index (κ2) is 12.4. The van der Waals surface area contributed by atoms with E-state index in [1.165, 1.54) is 0 Å². The third-order valence-corrected chi connectivity index (χ3v) is 9.02. The molecule has 8 heteroatoms. The van der Waals surface area contributed by atoms with Crippen LogP contribution in [0.2, 0.25) is 0 Å². The highest BCUT2D eigenvalue weighted by Crippen LogP contribution is 2.52. The quantitative estimate of drug-likeness (QED) is 0.0561. The molecule has 7 aromatic rings. The van der Waals surface area contributed by atoms with Crippen molar-refractivity contribution in [3.05, 3.63) is 70.8 Å². The lowest BCUT2D eigenvalue weighted by Gasteiger charge is -2.25. The van der Waals surface area contributed by atoms with Crippen LogP contribution < -0.4 is 0 Å². The first-order valence-electron chi connectivity index (χ1n) is 16.8. The van der Waals surface area contributed by atoms with Gasteiger partial charge >= 0.3 is 23.9 Å². The van der Waals surface area contributed by atoms with Crippen molar-refractivity contribution in [2.24, 2.45) is 0 Å². The van der Waals surface area contributed by atoms with Gasteiger partial charge in [-0.05, 0) is 90.3 Å². The van der Waals surface area contributed by atoms with E-state index in [9.17, 15) is 19.2 Å². The smallest absolute Gasteiger partial charge is 0.339 e. The highest BCUT2D eigenvalue weighted by Gasteiger charge is 2.34. The largest absolute Gasteiger partial charge is 0.462 e. The number of esters is 4. The van der Waals surface area contributed by atoms with Gasteiger partial charge in [0.1, 0.15) is 0 Å². The van der Waals surface area contributed by atoms with Crippen LogP contribution in [0.3, 0.4) is 0 Å². The molecule has 48 heavy (non-hydrogen) atoms. The zero-order valence-corrected chi connectivity index (χ0v) is 27.5. The van der Waals surface area contributed by atoms with E-state index >= 15 is 0 Å². The van der Waals surface area contributed by atoms with Crippen LogP contribution in [0.1, 0.15) is 94.8 Å². The summed E-state index contributed by atoms with van der Waals surface area (Å²) in [6.07, 6.45) is 2.47. The van der Waals surface area contributed by atoms with Gasteiger partial charge in [0, 0.05) is 0 Å². The molecule has 0 aromatic heterocycles. The molecule has 244 valence electrons. The summed E-state index contributed by atoms with van der Waals surface area (Å²) in [6, 6.07) is 15.1. The number of carbonyl (C=O) groups excluding carboxylic acids is 4. The van der Waals surface area contributed by atoms with E-state index in [0.29, 0.717) is 47.2 Å². The van der Waals surface area contributed by atoms with Crippen molar-refractivity contribution >= 4 is 88.5 Å². The van der Waals surface area contributed by atoms with Crippen molar-refractivity contribution in [2.75, 3.05) is 26.4 Å². The Morgan fingerprint density at radius 2 is 0.604 bits per heavy atom. The van der Waals surface area contributed by atoms with Crippen LogP contribution >= 0.6 is 0 Å². The molecule has 0 radical (unpaired) electrons. The van der Waals surface area contributed by atoms with Gasteiger partial charge in [0.05, 0.1) is 48.7 Å². The molecule has 0 saturated carbocycles. The molecule has 0 heterocycles. The normalized spacial score (nSPS) is 11.9. The van der Waals surface area contributed by atoms with Crippen molar-refractivity contribution in [1.29, 1.82) is 0 Å². The van der Waals surface area contributed by atoms with E-state index in [2.05, 4.69) is 0 Å². The van der Waals surface area contributed by atoms with Crippen molar-refractivity contribution in [3.8, 4) is 0 Å². The molecule has 0 saturated heterocycles. The molecule has 8 nitrogen and oxygen atoms in total. The monoisotopic (exact) mass is 644 g/mol. The molecule has 0 N–H and O–H groups in total. The summed E-state index contributed by atoms with van der Waals surface area (Å²) in [5, 5.41) is 8.77. The van der Waals surface area contributed by atoms with Gasteiger partial charge in [0.25, 0.3) is 0 Å². The van der Waals surface area contributed by atoms with Gasteiger partial charge in [-0.15, -0.1) is 0 Å². The molecule has 0 atom stereocenters. The molecule has 0 amide bonds. The van der Waals surface area contributed by atoms with Crippen LogP contribution in [0, 0.1) is 0 Å². The van der Waals surface area contributed by atoms with Gasteiger partial charge < -0.3 is 18.9 Å². The van der Waals surface area contributed by atoms with E-state index in [1.54, 1.807) is 0 Å². The number of carbonyl (C=O) groups is 4. The van der Waals surface area contributed by atoms with Crippen LogP contribution in [0.25, 0.3) is 64.6 Å². The number of ether oxygens (including phenoxy) is 4. The minimum absolute atomic E-state index is 0.156. The minimum Gasteiger partial charge on any atom is -0.462 e. The number of hydrogen-bond donors (Lipinski definition) is 0. The zero-order chi connectivity index (χ0) is 33.7. The minimum atomic E-state index is -0.601. The molecule has 0 unspecified atom stereocenters.